The molecule has 0 unspecified atom stereocenters. The van der Waals surface area contributed by atoms with Gasteiger partial charge in [-0.2, -0.15) is 5.26 Å². The number of nitriles is 1. The summed E-state index contributed by atoms with van der Waals surface area (Å²) in [6.07, 6.45) is 1.32. The number of carbonyl (C=O) groups excluding carboxylic acids is 1. The number of rotatable bonds is 4. The van der Waals surface area contributed by atoms with Crippen molar-refractivity contribution >= 4 is 35.2 Å². The van der Waals surface area contributed by atoms with E-state index in [2.05, 4.69) is 0 Å². The summed E-state index contributed by atoms with van der Waals surface area (Å²) in [6, 6.07) is 10.1. The predicted octanol–water partition coefficient (Wildman–Crippen LogP) is 4.72. The van der Waals surface area contributed by atoms with Crippen LogP contribution >= 0.6 is 23.2 Å². The number of ether oxygens (including phenoxy) is 1. The molecule has 0 N–H and O–H groups in total. The first kappa shape index (κ1) is 16.2. The van der Waals surface area contributed by atoms with E-state index in [1.807, 2.05) is 0 Å². The Labute approximate surface area is 137 Å². The van der Waals surface area contributed by atoms with Gasteiger partial charge in [0.2, 0.25) is 0 Å². The van der Waals surface area contributed by atoms with Gasteiger partial charge in [0.1, 0.15) is 23.2 Å². The molecule has 22 heavy (non-hydrogen) atoms. The van der Waals surface area contributed by atoms with Gasteiger partial charge in [-0.3, -0.25) is 0 Å². The summed E-state index contributed by atoms with van der Waals surface area (Å²) in [4.78, 5) is 11.6. The van der Waals surface area contributed by atoms with E-state index in [9.17, 15) is 4.79 Å². The van der Waals surface area contributed by atoms with E-state index >= 15 is 0 Å². The molecule has 112 valence electrons. The molecule has 0 saturated carbocycles. The van der Waals surface area contributed by atoms with Gasteiger partial charge in [0, 0.05) is 16.7 Å². The standard InChI is InChI=1S/C16H11Cl2NO3/c1-2-21-16(20)10(9-19)7-12-4-6-15(22-12)13-5-3-11(17)8-14(13)18/h3-8H,2H2,1H3/b10-7-. The number of halogens is 2. The molecule has 4 nitrogen and oxygen atoms in total. The molecule has 1 heterocycles. The third-order valence-corrected chi connectivity index (χ3v) is 3.27. The van der Waals surface area contributed by atoms with Crippen LogP contribution in [0.4, 0.5) is 0 Å². The van der Waals surface area contributed by atoms with E-state index in [4.69, 9.17) is 37.6 Å². The summed E-state index contributed by atoms with van der Waals surface area (Å²) in [6.45, 7) is 1.86. The molecule has 0 aliphatic carbocycles. The largest absolute Gasteiger partial charge is 0.462 e. The molecule has 0 amide bonds. The number of benzene rings is 1. The Hall–Kier alpha value is -2.22. The Morgan fingerprint density at radius 1 is 1.36 bits per heavy atom. The van der Waals surface area contributed by atoms with Crippen LogP contribution in [0.5, 0.6) is 0 Å². The van der Waals surface area contributed by atoms with Crippen LogP contribution in [-0.2, 0) is 9.53 Å². The highest BCUT2D eigenvalue weighted by molar-refractivity contribution is 6.36. The molecule has 6 heteroatoms. The van der Waals surface area contributed by atoms with Crippen molar-refractivity contribution < 1.29 is 13.9 Å². The van der Waals surface area contributed by atoms with Crippen LogP contribution in [0.1, 0.15) is 12.7 Å². The minimum absolute atomic E-state index is 0.134. The highest BCUT2D eigenvalue weighted by Crippen LogP contribution is 2.31. The molecule has 2 rings (SSSR count). The number of esters is 1. The zero-order valence-corrected chi connectivity index (χ0v) is 13.1. The number of nitrogens with zero attached hydrogens (tertiary/aromatic N) is 1. The van der Waals surface area contributed by atoms with E-state index in [1.54, 1.807) is 43.3 Å². The second-order valence-electron chi connectivity index (χ2n) is 4.22. The lowest BCUT2D eigenvalue weighted by Gasteiger charge is -2.01. The first-order valence-electron chi connectivity index (χ1n) is 6.39. The Balaban J connectivity index is 2.32. The van der Waals surface area contributed by atoms with Gasteiger partial charge in [-0.15, -0.1) is 0 Å². The minimum atomic E-state index is -0.688. The average Bonchev–Trinajstić information content (AvgIpc) is 2.93. The Bertz CT molecular complexity index is 772. The fourth-order valence-corrected chi connectivity index (χ4v) is 2.25. The van der Waals surface area contributed by atoms with Crippen molar-refractivity contribution in [2.75, 3.05) is 6.61 Å². The SMILES string of the molecule is CCOC(=O)/C(C#N)=C\c1ccc(-c2ccc(Cl)cc2Cl)o1. The van der Waals surface area contributed by atoms with Gasteiger partial charge in [-0.05, 0) is 37.3 Å². The molecule has 0 spiro atoms. The molecule has 0 fully saturated rings. The molecule has 2 aromatic rings. The number of hydrogen-bond donors (Lipinski definition) is 0. The zero-order valence-electron chi connectivity index (χ0n) is 11.6. The topological polar surface area (TPSA) is 63.2 Å². The fourth-order valence-electron chi connectivity index (χ4n) is 1.75. The van der Waals surface area contributed by atoms with Crippen molar-refractivity contribution in [2.24, 2.45) is 0 Å². The van der Waals surface area contributed by atoms with Gasteiger partial charge in [-0.25, -0.2) is 4.79 Å². The van der Waals surface area contributed by atoms with Gasteiger partial charge < -0.3 is 9.15 Å². The van der Waals surface area contributed by atoms with E-state index in [-0.39, 0.29) is 12.2 Å². The lowest BCUT2D eigenvalue weighted by atomic mass is 10.2. The van der Waals surface area contributed by atoms with Crippen LogP contribution in [-0.4, -0.2) is 12.6 Å². The summed E-state index contributed by atoms with van der Waals surface area (Å²) < 4.78 is 10.4. The molecular weight excluding hydrogens is 325 g/mol. The fraction of sp³-hybridized carbons (Fsp3) is 0.125. The molecule has 0 radical (unpaired) electrons. The molecule has 1 aromatic heterocycles. The van der Waals surface area contributed by atoms with Gasteiger partial charge in [0.25, 0.3) is 0 Å². The Kier molecular flexibility index (Phi) is 5.26. The van der Waals surface area contributed by atoms with Gasteiger partial charge in [0.15, 0.2) is 0 Å². The van der Waals surface area contributed by atoms with Gasteiger partial charge in [0.05, 0.1) is 11.6 Å². The Morgan fingerprint density at radius 3 is 2.77 bits per heavy atom. The predicted molar refractivity (Wildman–Crippen MR) is 84.4 cm³/mol. The van der Waals surface area contributed by atoms with Crippen LogP contribution in [0.3, 0.4) is 0 Å². The number of carbonyl (C=O) groups is 1. The van der Waals surface area contributed by atoms with Crippen molar-refractivity contribution in [2.45, 2.75) is 6.92 Å². The van der Waals surface area contributed by atoms with Crippen molar-refractivity contribution in [1.29, 1.82) is 5.26 Å². The molecule has 0 bridgehead atoms. The van der Waals surface area contributed by atoms with Crippen LogP contribution in [0, 0.1) is 11.3 Å². The lowest BCUT2D eigenvalue weighted by molar-refractivity contribution is -0.137. The van der Waals surface area contributed by atoms with Crippen molar-refractivity contribution in [3.63, 3.8) is 0 Å². The van der Waals surface area contributed by atoms with E-state index in [1.165, 1.54) is 6.08 Å². The maximum Gasteiger partial charge on any atom is 0.349 e. The molecule has 0 aliphatic rings. The highest BCUT2D eigenvalue weighted by Gasteiger charge is 2.13. The maximum atomic E-state index is 11.6. The van der Waals surface area contributed by atoms with E-state index < -0.39 is 5.97 Å². The second kappa shape index (κ2) is 7.17. The molecular formula is C16H11Cl2NO3. The second-order valence-corrected chi connectivity index (χ2v) is 5.06. The quantitative estimate of drug-likeness (QED) is 0.460. The highest BCUT2D eigenvalue weighted by atomic mass is 35.5. The monoisotopic (exact) mass is 335 g/mol. The first-order valence-corrected chi connectivity index (χ1v) is 7.15. The molecule has 0 saturated heterocycles. The van der Waals surface area contributed by atoms with E-state index in [0.717, 1.165) is 0 Å². The third-order valence-electron chi connectivity index (χ3n) is 2.73. The molecule has 0 aliphatic heterocycles. The number of furan rings is 1. The summed E-state index contributed by atoms with van der Waals surface area (Å²) in [7, 11) is 0. The summed E-state index contributed by atoms with van der Waals surface area (Å²) in [5.74, 6) is 0.173. The van der Waals surface area contributed by atoms with Crippen molar-refractivity contribution in [3.05, 3.63) is 51.7 Å². The lowest BCUT2D eigenvalue weighted by Crippen LogP contribution is -2.05. The van der Waals surface area contributed by atoms with Gasteiger partial charge >= 0.3 is 5.97 Å². The van der Waals surface area contributed by atoms with Crippen LogP contribution in [0.25, 0.3) is 17.4 Å². The summed E-state index contributed by atoms with van der Waals surface area (Å²) in [5.41, 5.74) is 0.533. The van der Waals surface area contributed by atoms with Crippen LogP contribution < -0.4 is 0 Å². The Morgan fingerprint density at radius 2 is 2.14 bits per heavy atom. The minimum Gasteiger partial charge on any atom is -0.462 e. The van der Waals surface area contributed by atoms with E-state index in [0.29, 0.717) is 27.1 Å². The third kappa shape index (κ3) is 3.70. The molecule has 0 atom stereocenters. The summed E-state index contributed by atoms with van der Waals surface area (Å²) in [5, 5.41) is 9.96. The van der Waals surface area contributed by atoms with Crippen molar-refractivity contribution in [1.82, 2.24) is 0 Å². The summed E-state index contributed by atoms with van der Waals surface area (Å²) >= 11 is 12.0. The van der Waals surface area contributed by atoms with Crippen LogP contribution in [0.15, 0.2) is 40.3 Å². The normalized spacial score (nSPS) is 11.1. The molecule has 1 aromatic carbocycles. The maximum absolute atomic E-state index is 11.6. The van der Waals surface area contributed by atoms with Crippen LogP contribution in [0.2, 0.25) is 10.0 Å². The smallest absolute Gasteiger partial charge is 0.349 e. The van der Waals surface area contributed by atoms with Gasteiger partial charge in [-0.1, -0.05) is 23.2 Å². The zero-order chi connectivity index (χ0) is 16.1. The average molecular weight is 336 g/mol. The number of hydrogen-bond acceptors (Lipinski definition) is 4. The van der Waals surface area contributed by atoms with Crippen molar-refractivity contribution in [3.8, 4) is 17.4 Å². The first-order chi connectivity index (χ1) is 10.5.